The minimum atomic E-state index is -0.113. The van der Waals surface area contributed by atoms with E-state index in [1.54, 1.807) is 0 Å². The average Bonchev–Trinajstić information content (AvgIpc) is 2.70. The van der Waals surface area contributed by atoms with Gasteiger partial charge in [0.2, 0.25) is 0 Å². The highest BCUT2D eigenvalue weighted by Gasteiger charge is 2.35. The van der Waals surface area contributed by atoms with E-state index in [1.807, 2.05) is 6.92 Å². The molecule has 0 aromatic heterocycles. The van der Waals surface area contributed by atoms with Crippen LogP contribution in [0.2, 0.25) is 0 Å². The molecule has 148 valence electrons. The third kappa shape index (κ3) is 3.37. The number of hydrogen-bond donors (Lipinski definition) is 0. The van der Waals surface area contributed by atoms with Gasteiger partial charge in [-0.05, 0) is 67.0 Å². The molecule has 4 rings (SSSR count). The molecular weight excluding hydrogens is 346 g/mol. The maximum atomic E-state index is 12.4. The predicted molar refractivity (Wildman–Crippen MR) is 114 cm³/mol. The van der Waals surface area contributed by atoms with Crippen LogP contribution in [-0.2, 0) is 17.6 Å². The van der Waals surface area contributed by atoms with Crippen LogP contribution in [0.3, 0.4) is 0 Å². The fourth-order valence-corrected chi connectivity index (χ4v) is 4.85. The summed E-state index contributed by atoms with van der Waals surface area (Å²) >= 11 is 0. The number of ether oxygens (including phenoxy) is 1. The highest BCUT2D eigenvalue weighted by atomic mass is 16.5. The fourth-order valence-electron chi connectivity index (χ4n) is 4.85. The molecule has 1 aliphatic carbocycles. The van der Waals surface area contributed by atoms with Crippen LogP contribution in [0.4, 0.5) is 0 Å². The Morgan fingerprint density at radius 1 is 1.14 bits per heavy atom. The third-order valence-corrected chi connectivity index (χ3v) is 6.22. The van der Waals surface area contributed by atoms with E-state index in [9.17, 15) is 4.79 Å². The smallest absolute Gasteiger partial charge is 0.311 e. The van der Waals surface area contributed by atoms with Gasteiger partial charge >= 0.3 is 5.97 Å². The Morgan fingerprint density at radius 2 is 2.00 bits per heavy atom. The summed E-state index contributed by atoms with van der Waals surface area (Å²) in [5, 5.41) is 0. The Balaban J connectivity index is 1.80. The summed E-state index contributed by atoms with van der Waals surface area (Å²) in [6, 6.07) is 11.5. The van der Waals surface area contributed by atoms with Gasteiger partial charge in [-0.25, -0.2) is 0 Å². The molecule has 1 atom stereocenters. The zero-order valence-electron chi connectivity index (χ0n) is 17.4. The normalized spacial score (nSPS) is 17.8. The van der Waals surface area contributed by atoms with E-state index in [0.717, 1.165) is 55.6 Å². The number of esters is 1. The first kappa shape index (κ1) is 19.2. The van der Waals surface area contributed by atoms with Crippen molar-refractivity contribution in [3.05, 3.63) is 52.6 Å². The lowest BCUT2D eigenvalue weighted by atomic mass is 9.76. The van der Waals surface area contributed by atoms with Crippen molar-refractivity contribution in [3.63, 3.8) is 0 Å². The van der Waals surface area contributed by atoms with E-state index in [-0.39, 0.29) is 5.97 Å². The Kier molecular flexibility index (Phi) is 5.54. The highest BCUT2D eigenvalue weighted by Crippen LogP contribution is 2.49. The Bertz CT molecular complexity index is 886. The lowest BCUT2D eigenvalue weighted by Gasteiger charge is -2.42. The number of nitrogens with zero attached hydrogens (tertiary/aromatic N) is 1. The number of carbonyl (C=O) groups excluding carboxylic acids is 1. The molecule has 1 aliphatic heterocycles. The van der Waals surface area contributed by atoms with Crippen molar-refractivity contribution < 1.29 is 9.53 Å². The summed E-state index contributed by atoms with van der Waals surface area (Å²) < 4.78 is 5.95. The van der Waals surface area contributed by atoms with Crippen LogP contribution in [0.15, 0.2) is 30.3 Å². The number of hydrogen-bond acceptors (Lipinski definition) is 3. The van der Waals surface area contributed by atoms with Crippen LogP contribution in [0.25, 0.3) is 11.1 Å². The van der Waals surface area contributed by atoms with Gasteiger partial charge in [0, 0.05) is 24.6 Å². The summed E-state index contributed by atoms with van der Waals surface area (Å²) in [5.41, 5.74) is 7.70. The van der Waals surface area contributed by atoms with Gasteiger partial charge in [0.15, 0.2) is 0 Å². The zero-order chi connectivity index (χ0) is 19.7. The summed E-state index contributed by atoms with van der Waals surface area (Å²) in [6.07, 6.45) is 5.64. The number of unbranched alkanes of at least 4 members (excludes halogenated alkanes) is 1. The van der Waals surface area contributed by atoms with Gasteiger partial charge < -0.3 is 4.74 Å². The zero-order valence-corrected chi connectivity index (χ0v) is 17.4. The van der Waals surface area contributed by atoms with Gasteiger partial charge in [-0.1, -0.05) is 50.6 Å². The lowest BCUT2D eigenvalue weighted by Crippen LogP contribution is -2.38. The van der Waals surface area contributed by atoms with Crippen LogP contribution in [0, 0.1) is 6.92 Å². The molecule has 0 bridgehead atoms. The molecule has 2 aromatic carbocycles. The number of fused-ring (bicyclic) bond motifs is 2. The second kappa shape index (κ2) is 8.08. The van der Waals surface area contributed by atoms with Crippen molar-refractivity contribution in [1.29, 1.82) is 0 Å². The molecule has 2 aromatic rings. The Labute approximate surface area is 168 Å². The second-order valence-electron chi connectivity index (χ2n) is 8.21. The van der Waals surface area contributed by atoms with E-state index in [2.05, 4.69) is 49.1 Å². The number of rotatable bonds is 6. The summed E-state index contributed by atoms with van der Waals surface area (Å²) in [6.45, 7) is 8.68. The molecule has 3 heteroatoms. The molecule has 0 radical (unpaired) electrons. The van der Waals surface area contributed by atoms with Crippen molar-refractivity contribution in [2.45, 2.75) is 65.3 Å². The van der Waals surface area contributed by atoms with E-state index in [1.165, 1.54) is 28.7 Å². The molecule has 0 amide bonds. The van der Waals surface area contributed by atoms with Crippen LogP contribution >= 0.6 is 0 Å². The number of aryl methyl sites for hydroxylation is 1. The quantitative estimate of drug-likeness (QED) is 0.483. The van der Waals surface area contributed by atoms with Gasteiger partial charge in [-0.2, -0.15) is 0 Å². The monoisotopic (exact) mass is 377 g/mol. The average molecular weight is 378 g/mol. The topological polar surface area (TPSA) is 29.5 Å². The summed E-state index contributed by atoms with van der Waals surface area (Å²) in [4.78, 5) is 15.1. The molecular formula is C25H31NO2. The predicted octanol–water partition coefficient (Wildman–Crippen LogP) is 5.62. The molecule has 2 aliphatic rings. The van der Waals surface area contributed by atoms with E-state index in [4.69, 9.17) is 4.74 Å². The molecule has 28 heavy (non-hydrogen) atoms. The van der Waals surface area contributed by atoms with Crippen molar-refractivity contribution >= 4 is 5.97 Å². The standard InChI is InChI=1S/C25H31NO2/c1-4-6-10-22(27)28-25-17(3)11-12-19-16-21-23-18(13-15-26(21)14-5-2)8-7-9-20(23)24(19)25/h7-9,11-12,21H,4-6,10,13-16H2,1-3H3. The molecule has 0 saturated heterocycles. The Morgan fingerprint density at radius 3 is 2.79 bits per heavy atom. The minimum Gasteiger partial charge on any atom is -0.426 e. The second-order valence-corrected chi connectivity index (χ2v) is 8.21. The molecule has 0 fully saturated rings. The largest absolute Gasteiger partial charge is 0.426 e. The molecule has 0 saturated carbocycles. The van der Waals surface area contributed by atoms with Crippen molar-refractivity contribution in [2.24, 2.45) is 0 Å². The minimum absolute atomic E-state index is 0.113. The van der Waals surface area contributed by atoms with E-state index >= 15 is 0 Å². The van der Waals surface area contributed by atoms with E-state index in [0.29, 0.717) is 12.5 Å². The molecule has 1 heterocycles. The Hall–Kier alpha value is -2.13. The fraction of sp³-hybridized carbons (Fsp3) is 0.480. The molecule has 0 N–H and O–H groups in total. The first-order valence-corrected chi connectivity index (χ1v) is 10.8. The van der Waals surface area contributed by atoms with Crippen LogP contribution in [0.1, 0.15) is 67.8 Å². The summed E-state index contributed by atoms with van der Waals surface area (Å²) in [7, 11) is 0. The van der Waals surface area contributed by atoms with Crippen molar-refractivity contribution in [1.82, 2.24) is 4.90 Å². The van der Waals surface area contributed by atoms with Gasteiger partial charge in [-0.15, -0.1) is 0 Å². The van der Waals surface area contributed by atoms with Crippen LogP contribution in [0.5, 0.6) is 5.75 Å². The van der Waals surface area contributed by atoms with Crippen LogP contribution < -0.4 is 4.74 Å². The first-order valence-electron chi connectivity index (χ1n) is 10.8. The van der Waals surface area contributed by atoms with Gasteiger partial charge in [0.25, 0.3) is 0 Å². The van der Waals surface area contributed by atoms with E-state index < -0.39 is 0 Å². The van der Waals surface area contributed by atoms with Gasteiger partial charge in [0.05, 0.1) is 0 Å². The third-order valence-electron chi connectivity index (χ3n) is 6.22. The SMILES string of the molecule is CCCCC(=O)Oc1c(C)ccc2c1-c1cccc3c1C(C2)N(CCC)CC3. The maximum absolute atomic E-state index is 12.4. The number of carbonyl (C=O) groups is 1. The highest BCUT2D eigenvalue weighted by molar-refractivity contribution is 5.84. The first-order chi connectivity index (χ1) is 13.6. The number of benzene rings is 2. The maximum Gasteiger partial charge on any atom is 0.311 e. The molecule has 0 spiro atoms. The van der Waals surface area contributed by atoms with Crippen molar-refractivity contribution in [3.8, 4) is 16.9 Å². The lowest BCUT2D eigenvalue weighted by molar-refractivity contribution is -0.134. The van der Waals surface area contributed by atoms with Crippen molar-refractivity contribution in [2.75, 3.05) is 13.1 Å². The van der Waals surface area contributed by atoms with Gasteiger partial charge in [-0.3, -0.25) is 9.69 Å². The van der Waals surface area contributed by atoms with Crippen LogP contribution in [-0.4, -0.2) is 24.0 Å². The summed E-state index contributed by atoms with van der Waals surface area (Å²) in [5.74, 6) is 0.663. The molecule has 3 nitrogen and oxygen atoms in total. The van der Waals surface area contributed by atoms with Gasteiger partial charge in [0.1, 0.15) is 5.75 Å². The molecule has 1 unspecified atom stereocenters.